The Balaban J connectivity index is 1.83. The quantitative estimate of drug-likeness (QED) is 0.354. The highest BCUT2D eigenvalue weighted by molar-refractivity contribution is 5.87. The Hall–Kier alpha value is -2.87. The van der Waals surface area contributed by atoms with Crippen LogP contribution in [-0.2, 0) is 5.41 Å². The van der Waals surface area contributed by atoms with E-state index >= 15 is 0 Å². The predicted octanol–water partition coefficient (Wildman–Crippen LogP) is 7.05. The number of nitrogens with zero attached hydrogens (tertiary/aromatic N) is 1. The van der Waals surface area contributed by atoms with Gasteiger partial charge in [0, 0.05) is 22.8 Å². The van der Waals surface area contributed by atoms with Gasteiger partial charge in [-0.2, -0.15) is 0 Å². The third-order valence-electron chi connectivity index (χ3n) is 7.14. The molecule has 1 aliphatic carbocycles. The molecule has 0 radical (unpaired) electrons. The maximum absolute atomic E-state index is 11.5. The summed E-state index contributed by atoms with van der Waals surface area (Å²) < 4.78 is 0. The van der Waals surface area contributed by atoms with Crippen LogP contribution in [0.4, 0.5) is 0 Å². The molecule has 2 heteroatoms. The predicted molar refractivity (Wildman–Crippen MR) is 130 cm³/mol. The van der Waals surface area contributed by atoms with Crippen LogP contribution in [-0.4, -0.2) is 17.4 Å². The van der Waals surface area contributed by atoms with Gasteiger partial charge in [0.2, 0.25) is 0 Å². The first-order valence-corrected chi connectivity index (χ1v) is 11.5. The molecule has 0 saturated heterocycles. The minimum absolute atomic E-state index is 0.336. The van der Waals surface area contributed by atoms with Crippen LogP contribution in [0.2, 0.25) is 0 Å². The van der Waals surface area contributed by atoms with E-state index in [9.17, 15) is 5.11 Å². The number of benzene rings is 3. The summed E-state index contributed by atoms with van der Waals surface area (Å²) in [4.78, 5) is 4.94. The summed E-state index contributed by atoms with van der Waals surface area (Å²) in [6.45, 7) is 6.55. The highest BCUT2D eigenvalue weighted by Crippen LogP contribution is 2.44. The lowest BCUT2D eigenvalue weighted by Crippen LogP contribution is -2.26. The molecule has 1 aliphatic rings. The fraction of sp³-hybridized carbons (Fsp3) is 0.345. The van der Waals surface area contributed by atoms with Gasteiger partial charge in [-0.1, -0.05) is 92.6 Å². The van der Waals surface area contributed by atoms with Crippen LogP contribution >= 0.6 is 0 Å². The van der Waals surface area contributed by atoms with Crippen molar-refractivity contribution in [3.05, 3.63) is 101 Å². The average Bonchev–Trinajstić information content (AvgIpc) is 2.81. The Morgan fingerprint density at radius 2 is 1.45 bits per heavy atom. The van der Waals surface area contributed by atoms with E-state index in [1.165, 1.54) is 19.3 Å². The van der Waals surface area contributed by atoms with Gasteiger partial charge in [-0.3, -0.25) is 4.99 Å². The monoisotopic (exact) mass is 411 g/mol. The Kier molecular flexibility index (Phi) is 6.27. The van der Waals surface area contributed by atoms with Gasteiger partial charge in [-0.05, 0) is 49.3 Å². The van der Waals surface area contributed by atoms with E-state index in [1.54, 1.807) is 0 Å². The van der Waals surface area contributed by atoms with Gasteiger partial charge in [0.05, 0.1) is 6.04 Å². The van der Waals surface area contributed by atoms with Gasteiger partial charge in [-0.15, -0.1) is 0 Å². The third kappa shape index (κ3) is 4.17. The van der Waals surface area contributed by atoms with Crippen LogP contribution in [0.15, 0.2) is 77.8 Å². The van der Waals surface area contributed by atoms with Gasteiger partial charge in [0.15, 0.2) is 0 Å². The van der Waals surface area contributed by atoms with Crippen molar-refractivity contribution in [2.45, 2.75) is 57.9 Å². The van der Waals surface area contributed by atoms with Crippen molar-refractivity contribution in [3.63, 3.8) is 0 Å². The van der Waals surface area contributed by atoms with Crippen molar-refractivity contribution in [1.29, 1.82) is 0 Å². The third-order valence-corrected chi connectivity index (χ3v) is 7.14. The summed E-state index contributed by atoms with van der Waals surface area (Å²) in [5.74, 6) is 0.942. The molecule has 0 aromatic heterocycles. The van der Waals surface area contributed by atoms with Gasteiger partial charge in [0.25, 0.3) is 0 Å². The molecule has 1 fully saturated rings. The van der Waals surface area contributed by atoms with Crippen molar-refractivity contribution in [1.82, 2.24) is 0 Å². The number of phenolic OH excluding ortho intramolecular Hbond substituents is 1. The summed E-state index contributed by atoms with van der Waals surface area (Å²) in [5, 5.41) is 11.5. The van der Waals surface area contributed by atoms with Crippen LogP contribution in [0, 0.1) is 12.8 Å². The largest absolute Gasteiger partial charge is 0.507 e. The van der Waals surface area contributed by atoms with E-state index in [0.717, 1.165) is 34.2 Å². The molecule has 0 aliphatic heterocycles. The van der Waals surface area contributed by atoms with Crippen molar-refractivity contribution in [2.75, 3.05) is 0 Å². The molecule has 2 nitrogen and oxygen atoms in total. The fourth-order valence-corrected chi connectivity index (χ4v) is 4.98. The zero-order valence-corrected chi connectivity index (χ0v) is 18.9. The molecule has 1 saturated carbocycles. The zero-order valence-electron chi connectivity index (χ0n) is 18.9. The zero-order chi connectivity index (χ0) is 21.8. The minimum atomic E-state index is -0.471. The molecule has 0 bridgehead atoms. The second kappa shape index (κ2) is 9.09. The molecule has 0 heterocycles. The van der Waals surface area contributed by atoms with E-state index in [4.69, 9.17) is 4.99 Å². The summed E-state index contributed by atoms with van der Waals surface area (Å²) in [7, 11) is 0. The molecule has 3 aromatic rings. The number of aryl methyl sites for hydroxylation is 1. The lowest BCUT2D eigenvalue weighted by atomic mass is 9.70. The lowest BCUT2D eigenvalue weighted by Gasteiger charge is -2.33. The van der Waals surface area contributed by atoms with Gasteiger partial charge in [-0.25, -0.2) is 0 Å². The van der Waals surface area contributed by atoms with Crippen LogP contribution in [0.5, 0.6) is 5.75 Å². The molecular weight excluding hydrogens is 378 g/mol. The number of aliphatic imine (C=N–C) groups is 1. The Labute approximate surface area is 186 Å². The van der Waals surface area contributed by atoms with Gasteiger partial charge < -0.3 is 5.11 Å². The second-order valence-electron chi connectivity index (χ2n) is 9.16. The Bertz CT molecular complexity index is 1000. The van der Waals surface area contributed by atoms with Gasteiger partial charge >= 0.3 is 0 Å². The molecule has 0 spiro atoms. The molecule has 4 rings (SSSR count). The van der Waals surface area contributed by atoms with E-state index in [-0.39, 0.29) is 0 Å². The molecule has 160 valence electrons. The summed E-state index contributed by atoms with van der Waals surface area (Å²) in [6, 6.07) is 25.4. The van der Waals surface area contributed by atoms with Crippen molar-refractivity contribution in [2.24, 2.45) is 10.9 Å². The van der Waals surface area contributed by atoms with Crippen LogP contribution in [0.25, 0.3) is 0 Å². The van der Waals surface area contributed by atoms with Crippen molar-refractivity contribution >= 4 is 6.21 Å². The minimum Gasteiger partial charge on any atom is -0.507 e. The Morgan fingerprint density at radius 3 is 2.03 bits per heavy atom. The number of hydrogen-bond acceptors (Lipinski definition) is 2. The van der Waals surface area contributed by atoms with Crippen LogP contribution in [0.3, 0.4) is 0 Å². The molecule has 3 aromatic carbocycles. The standard InChI is InChI=1S/C29H33NO/c1-21-18-19-26(28(31)25(21)20-30-27-17-11-10-12-22(27)2)29(3,23-13-6-4-7-14-23)24-15-8-5-9-16-24/h4-9,13-16,18-20,22,27,31H,10-12,17H2,1-3H3. The molecule has 1 N–H and O–H groups in total. The maximum atomic E-state index is 11.5. The van der Waals surface area contributed by atoms with Crippen LogP contribution in [0.1, 0.15) is 67.3 Å². The van der Waals surface area contributed by atoms with Crippen LogP contribution < -0.4 is 0 Å². The van der Waals surface area contributed by atoms with E-state index in [0.29, 0.717) is 17.7 Å². The summed E-state index contributed by atoms with van der Waals surface area (Å²) in [5.41, 5.74) is 4.65. The first-order valence-electron chi connectivity index (χ1n) is 11.5. The Morgan fingerprint density at radius 1 is 0.871 bits per heavy atom. The van der Waals surface area contributed by atoms with Crippen molar-refractivity contribution in [3.8, 4) is 5.75 Å². The molecule has 31 heavy (non-hydrogen) atoms. The smallest absolute Gasteiger partial charge is 0.129 e. The normalized spacial score (nSPS) is 19.6. The first kappa shape index (κ1) is 21.4. The highest BCUT2D eigenvalue weighted by atomic mass is 16.3. The topological polar surface area (TPSA) is 32.6 Å². The average molecular weight is 412 g/mol. The van der Waals surface area contributed by atoms with Crippen molar-refractivity contribution < 1.29 is 5.11 Å². The lowest BCUT2D eigenvalue weighted by molar-refractivity contribution is 0.333. The number of phenols is 1. The van der Waals surface area contributed by atoms with E-state index in [1.807, 2.05) is 18.3 Å². The van der Waals surface area contributed by atoms with Gasteiger partial charge in [0.1, 0.15) is 5.75 Å². The number of hydrogen-bond donors (Lipinski definition) is 1. The first-order chi connectivity index (χ1) is 15.0. The fourth-order valence-electron chi connectivity index (χ4n) is 4.98. The number of rotatable bonds is 5. The molecule has 2 atom stereocenters. The molecule has 2 unspecified atom stereocenters. The molecular formula is C29H33NO. The molecule has 0 amide bonds. The van der Waals surface area contributed by atoms with E-state index in [2.05, 4.69) is 81.4 Å². The SMILES string of the molecule is Cc1ccc(C(C)(c2ccccc2)c2ccccc2)c(O)c1C=NC1CCCCC1C. The highest BCUT2D eigenvalue weighted by Gasteiger charge is 2.34. The number of aromatic hydroxyl groups is 1. The second-order valence-corrected chi connectivity index (χ2v) is 9.16. The maximum Gasteiger partial charge on any atom is 0.129 e. The summed E-state index contributed by atoms with van der Waals surface area (Å²) >= 11 is 0. The van der Waals surface area contributed by atoms with E-state index < -0.39 is 5.41 Å². The summed E-state index contributed by atoms with van der Waals surface area (Å²) in [6.07, 6.45) is 6.87.